The molecule has 102 valence electrons. The second-order valence-corrected chi connectivity index (χ2v) is 3.62. The van der Waals surface area contributed by atoms with Crippen LogP contribution in [0.1, 0.15) is 20.3 Å². The Hall–Kier alpha value is -1.96. The maximum absolute atomic E-state index is 5.71. The van der Waals surface area contributed by atoms with Crippen LogP contribution in [0.15, 0.2) is 20.3 Å². The molecule has 0 fully saturated rings. The molecule has 0 radical (unpaired) electrons. The van der Waals surface area contributed by atoms with Crippen LogP contribution in [0.5, 0.6) is 0 Å². The minimum atomic E-state index is -0.521. The number of rotatable bonds is 7. The first-order valence-corrected chi connectivity index (χ1v) is 5.37. The van der Waals surface area contributed by atoms with Gasteiger partial charge < -0.3 is 22.3 Å². The fourth-order valence-corrected chi connectivity index (χ4v) is 1.20. The van der Waals surface area contributed by atoms with Crippen LogP contribution in [-0.2, 0) is 4.74 Å². The molecule has 0 aliphatic rings. The molecule has 6 N–H and O–H groups in total. The molecule has 0 aromatic rings. The molecule has 8 heteroatoms. The zero-order valence-corrected chi connectivity index (χ0v) is 10.9. The molecule has 0 heterocycles. The molecule has 0 spiro atoms. The fraction of sp³-hybridized carbons (Fsp3) is 0.600. The van der Waals surface area contributed by atoms with Gasteiger partial charge in [-0.15, -0.1) is 0 Å². The summed E-state index contributed by atoms with van der Waals surface area (Å²) in [4.78, 5) is 4.05. The van der Waals surface area contributed by atoms with Crippen molar-refractivity contribution in [3.05, 3.63) is 0 Å². The van der Waals surface area contributed by atoms with Gasteiger partial charge in [-0.1, -0.05) is 0 Å². The number of hydrogen-bond donors (Lipinski definition) is 3. The van der Waals surface area contributed by atoms with E-state index in [1.807, 2.05) is 6.92 Å². The van der Waals surface area contributed by atoms with Crippen molar-refractivity contribution in [2.75, 3.05) is 7.05 Å². The number of nitrogens with zero attached hydrogens (tertiary/aromatic N) is 4. The molecule has 2 atom stereocenters. The Morgan fingerprint density at radius 1 is 1.17 bits per heavy atom. The molecule has 18 heavy (non-hydrogen) atoms. The van der Waals surface area contributed by atoms with Crippen molar-refractivity contribution in [1.82, 2.24) is 0 Å². The van der Waals surface area contributed by atoms with Gasteiger partial charge in [0.25, 0.3) is 0 Å². The van der Waals surface area contributed by atoms with Crippen molar-refractivity contribution in [2.45, 2.75) is 32.5 Å². The van der Waals surface area contributed by atoms with Gasteiger partial charge in [0.05, 0.1) is 18.1 Å². The zero-order chi connectivity index (χ0) is 14.0. The normalized spacial score (nSPS) is 17.5. The Morgan fingerprint density at radius 2 is 1.78 bits per heavy atom. The predicted molar refractivity (Wildman–Crippen MR) is 75.0 cm³/mol. The van der Waals surface area contributed by atoms with Crippen molar-refractivity contribution in [3.63, 3.8) is 0 Å². The first kappa shape index (κ1) is 16.0. The van der Waals surface area contributed by atoms with Crippen LogP contribution in [-0.4, -0.2) is 43.1 Å². The minimum absolute atomic E-state index is 0.349. The standard InChI is InChI=1S/C10H21N7O/c1-7(14-3)4-9(5-15-11)18-10(6-16-12)8(2)17-13/h5-6,9-10H,4,11-13H2,1-3H3/b14-7+,15-5+,16-6+,17-8-. The summed E-state index contributed by atoms with van der Waals surface area (Å²) in [5, 5.41) is 10.5. The Morgan fingerprint density at radius 3 is 2.22 bits per heavy atom. The maximum Gasteiger partial charge on any atom is 0.135 e. The van der Waals surface area contributed by atoms with Crippen LogP contribution in [0.2, 0.25) is 0 Å². The second-order valence-electron chi connectivity index (χ2n) is 3.62. The van der Waals surface area contributed by atoms with Gasteiger partial charge in [0.2, 0.25) is 0 Å². The molecule has 0 aliphatic carbocycles. The maximum atomic E-state index is 5.71. The van der Waals surface area contributed by atoms with Crippen LogP contribution in [0.3, 0.4) is 0 Å². The molecule has 8 nitrogen and oxygen atoms in total. The lowest BCUT2D eigenvalue weighted by Gasteiger charge is -2.18. The predicted octanol–water partition coefficient (Wildman–Crippen LogP) is -0.555. The van der Waals surface area contributed by atoms with Gasteiger partial charge in [-0.2, -0.15) is 15.3 Å². The SMILES string of the molecule is C/N=C(\C)CC(/C=N/N)OC(/C=N/N)/C(C)=N\N. The van der Waals surface area contributed by atoms with Gasteiger partial charge in [-0.25, -0.2) is 0 Å². The summed E-state index contributed by atoms with van der Waals surface area (Å²) >= 11 is 0. The van der Waals surface area contributed by atoms with Crippen molar-refractivity contribution in [2.24, 2.45) is 37.8 Å². The van der Waals surface area contributed by atoms with Crippen LogP contribution >= 0.6 is 0 Å². The summed E-state index contributed by atoms with van der Waals surface area (Å²) in [6.45, 7) is 3.60. The highest BCUT2D eigenvalue weighted by Gasteiger charge is 2.17. The van der Waals surface area contributed by atoms with E-state index in [9.17, 15) is 0 Å². The second kappa shape index (κ2) is 9.11. The van der Waals surface area contributed by atoms with Gasteiger partial charge in [0, 0.05) is 19.2 Å². The zero-order valence-electron chi connectivity index (χ0n) is 10.9. The summed E-state index contributed by atoms with van der Waals surface area (Å²) in [6.07, 6.45) is 2.58. The quantitative estimate of drug-likeness (QED) is 0.319. The van der Waals surface area contributed by atoms with E-state index in [1.165, 1.54) is 12.4 Å². The van der Waals surface area contributed by atoms with E-state index >= 15 is 0 Å². The molecular weight excluding hydrogens is 234 g/mol. The average molecular weight is 255 g/mol. The average Bonchev–Trinajstić information content (AvgIpc) is 2.37. The van der Waals surface area contributed by atoms with E-state index in [2.05, 4.69) is 20.3 Å². The summed E-state index contributed by atoms with van der Waals surface area (Å²) in [6, 6.07) is 0. The summed E-state index contributed by atoms with van der Waals surface area (Å²) in [5.41, 5.74) is 1.45. The highest BCUT2D eigenvalue weighted by atomic mass is 16.5. The minimum Gasteiger partial charge on any atom is -0.357 e. The van der Waals surface area contributed by atoms with Crippen LogP contribution in [0, 0.1) is 0 Å². The van der Waals surface area contributed by atoms with E-state index in [0.717, 1.165) is 5.71 Å². The van der Waals surface area contributed by atoms with Crippen LogP contribution in [0.4, 0.5) is 0 Å². The first-order chi connectivity index (χ1) is 8.58. The van der Waals surface area contributed by atoms with Crippen LogP contribution in [0.25, 0.3) is 0 Å². The lowest BCUT2D eigenvalue weighted by molar-refractivity contribution is 0.110. The van der Waals surface area contributed by atoms with E-state index in [-0.39, 0.29) is 6.10 Å². The van der Waals surface area contributed by atoms with E-state index in [4.69, 9.17) is 22.3 Å². The van der Waals surface area contributed by atoms with E-state index < -0.39 is 6.10 Å². The number of hydrazone groups is 3. The van der Waals surface area contributed by atoms with Gasteiger partial charge in [0.15, 0.2) is 0 Å². The molecule has 0 aromatic heterocycles. The van der Waals surface area contributed by atoms with Crippen molar-refractivity contribution >= 4 is 23.9 Å². The Kier molecular flexibility index (Phi) is 8.12. The summed E-state index contributed by atoms with van der Waals surface area (Å²) < 4.78 is 5.71. The Balaban J connectivity index is 4.81. The molecule has 2 unspecified atom stereocenters. The Labute approximate surface area is 107 Å². The fourth-order valence-electron chi connectivity index (χ4n) is 1.20. The summed E-state index contributed by atoms with van der Waals surface area (Å²) in [5.74, 6) is 15.5. The molecule has 0 rings (SSSR count). The van der Waals surface area contributed by atoms with Gasteiger partial charge in [-0.3, -0.25) is 4.99 Å². The van der Waals surface area contributed by atoms with Crippen molar-refractivity contribution in [3.8, 4) is 0 Å². The number of nitrogens with two attached hydrogens (primary N) is 3. The third-order valence-corrected chi connectivity index (χ3v) is 2.29. The lowest BCUT2D eigenvalue weighted by atomic mass is 10.2. The molecule has 0 bridgehead atoms. The largest absolute Gasteiger partial charge is 0.357 e. The number of ether oxygens (including phenoxy) is 1. The van der Waals surface area contributed by atoms with Crippen molar-refractivity contribution < 1.29 is 4.74 Å². The molecule has 0 amide bonds. The third kappa shape index (κ3) is 5.94. The molecular formula is C10H21N7O. The molecule has 0 aromatic carbocycles. The highest BCUT2D eigenvalue weighted by Crippen LogP contribution is 2.04. The van der Waals surface area contributed by atoms with E-state index in [1.54, 1.807) is 14.0 Å². The van der Waals surface area contributed by atoms with Gasteiger partial charge in [-0.05, 0) is 13.8 Å². The van der Waals surface area contributed by atoms with Crippen LogP contribution < -0.4 is 17.5 Å². The topological polar surface area (TPSA) is 137 Å². The van der Waals surface area contributed by atoms with Crippen molar-refractivity contribution in [1.29, 1.82) is 0 Å². The number of aliphatic imine (C=N–C) groups is 1. The molecule has 0 saturated heterocycles. The molecule has 0 saturated carbocycles. The van der Waals surface area contributed by atoms with Gasteiger partial charge in [0.1, 0.15) is 12.2 Å². The lowest BCUT2D eigenvalue weighted by Crippen LogP contribution is -2.32. The van der Waals surface area contributed by atoms with Gasteiger partial charge >= 0.3 is 0 Å². The number of hydrogen-bond acceptors (Lipinski definition) is 8. The monoisotopic (exact) mass is 255 g/mol. The highest BCUT2D eigenvalue weighted by molar-refractivity contribution is 6.00. The Bertz CT molecular complexity index is 348. The third-order valence-electron chi connectivity index (χ3n) is 2.29. The first-order valence-electron chi connectivity index (χ1n) is 5.37. The smallest absolute Gasteiger partial charge is 0.135 e. The molecule has 0 aliphatic heterocycles. The summed E-state index contributed by atoms with van der Waals surface area (Å²) in [7, 11) is 1.71. The van der Waals surface area contributed by atoms with E-state index in [0.29, 0.717) is 12.1 Å².